The molecule has 1 saturated carbocycles. The van der Waals surface area contributed by atoms with Gasteiger partial charge in [-0.2, -0.15) is 0 Å². The van der Waals surface area contributed by atoms with E-state index in [0.717, 1.165) is 12.5 Å². The van der Waals surface area contributed by atoms with E-state index in [2.05, 4.69) is 17.5 Å². The molecule has 2 bridgehead atoms. The molecule has 0 spiro atoms. The van der Waals surface area contributed by atoms with Crippen molar-refractivity contribution in [2.45, 2.75) is 12.8 Å². The lowest BCUT2D eigenvalue weighted by Crippen LogP contribution is -2.19. The predicted octanol–water partition coefficient (Wildman–Crippen LogP) is 3.73. The minimum absolute atomic E-state index is 0.0423. The average molecular weight is 253 g/mol. The summed E-state index contributed by atoms with van der Waals surface area (Å²) in [4.78, 5) is 0. The van der Waals surface area contributed by atoms with E-state index in [1.165, 1.54) is 6.42 Å². The van der Waals surface area contributed by atoms with Gasteiger partial charge < -0.3 is 5.32 Å². The molecule has 1 N–H and O–H groups in total. The SMILES string of the molecule is Fc1cc(F)c(NCC2CC3C=CC2C3)cc1F. The number of allylic oxidation sites excluding steroid dienone is 2. The minimum atomic E-state index is -1.15. The van der Waals surface area contributed by atoms with Crippen molar-refractivity contribution < 1.29 is 13.2 Å². The van der Waals surface area contributed by atoms with Crippen LogP contribution in [0.5, 0.6) is 0 Å². The maximum absolute atomic E-state index is 13.4. The Balaban J connectivity index is 1.67. The van der Waals surface area contributed by atoms with Crippen molar-refractivity contribution in [3.8, 4) is 0 Å². The molecule has 0 aliphatic heterocycles. The second kappa shape index (κ2) is 4.34. The van der Waals surface area contributed by atoms with Gasteiger partial charge in [-0.15, -0.1) is 0 Å². The number of anilines is 1. The van der Waals surface area contributed by atoms with Crippen LogP contribution in [-0.2, 0) is 0 Å². The van der Waals surface area contributed by atoms with Crippen LogP contribution in [-0.4, -0.2) is 6.54 Å². The number of halogens is 3. The van der Waals surface area contributed by atoms with Gasteiger partial charge in [0.25, 0.3) is 0 Å². The molecule has 3 unspecified atom stereocenters. The number of hydrogen-bond acceptors (Lipinski definition) is 1. The Bertz CT molecular complexity index is 498. The third-order valence-electron chi connectivity index (χ3n) is 3.98. The predicted molar refractivity (Wildman–Crippen MR) is 63.6 cm³/mol. The quantitative estimate of drug-likeness (QED) is 0.639. The van der Waals surface area contributed by atoms with Crippen LogP contribution >= 0.6 is 0 Å². The average Bonchev–Trinajstić information content (AvgIpc) is 2.94. The summed E-state index contributed by atoms with van der Waals surface area (Å²) in [5.74, 6) is -1.25. The van der Waals surface area contributed by atoms with Crippen molar-refractivity contribution in [1.29, 1.82) is 0 Å². The van der Waals surface area contributed by atoms with Crippen molar-refractivity contribution in [2.24, 2.45) is 17.8 Å². The number of fused-ring (bicyclic) bond motifs is 2. The van der Waals surface area contributed by atoms with Crippen molar-refractivity contribution in [3.05, 3.63) is 41.7 Å². The summed E-state index contributed by atoms with van der Waals surface area (Å²) in [6, 6.07) is 1.46. The van der Waals surface area contributed by atoms with Gasteiger partial charge in [0.15, 0.2) is 11.6 Å². The molecule has 0 radical (unpaired) electrons. The van der Waals surface area contributed by atoms with Gasteiger partial charge in [-0.05, 0) is 30.6 Å². The van der Waals surface area contributed by atoms with Crippen molar-refractivity contribution in [3.63, 3.8) is 0 Å². The maximum Gasteiger partial charge on any atom is 0.161 e. The molecule has 0 heterocycles. The molecule has 18 heavy (non-hydrogen) atoms. The Labute approximate surface area is 104 Å². The van der Waals surface area contributed by atoms with E-state index >= 15 is 0 Å². The molecule has 3 rings (SSSR count). The van der Waals surface area contributed by atoms with Crippen molar-refractivity contribution >= 4 is 5.69 Å². The smallest absolute Gasteiger partial charge is 0.161 e. The van der Waals surface area contributed by atoms with Crippen molar-refractivity contribution in [2.75, 3.05) is 11.9 Å². The zero-order chi connectivity index (χ0) is 12.7. The molecule has 3 atom stereocenters. The Morgan fingerprint density at radius 2 is 1.78 bits per heavy atom. The minimum Gasteiger partial charge on any atom is -0.382 e. The molecule has 4 heteroatoms. The largest absolute Gasteiger partial charge is 0.382 e. The summed E-state index contributed by atoms with van der Waals surface area (Å²) in [7, 11) is 0. The van der Waals surface area contributed by atoms with Gasteiger partial charge in [0, 0.05) is 18.7 Å². The lowest BCUT2D eigenvalue weighted by molar-refractivity contribution is 0.468. The molecule has 1 aromatic carbocycles. The number of benzene rings is 1. The fraction of sp³-hybridized carbons (Fsp3) is 0.429. The third-order valence-corrected chi connectivity index (χ3v) is 3.98. The zero-order valence-corrected chi connectivity index (χ0v) is 9.80. The first-order chi connectivity index (χ1) is 8.63. The summed E-state index contributed by atoms with van der Waals surface area (Å²) in [5, 5.41) is 2.89. The summed E-state index contributed by atoms with van der Waals surface area (Å²) in [6.07, 6.45) is 6.72. The van der Waals surface area contributed by atoms with Gasteiger partial charge in [-0.1, -0.05) is 12.2 Å². The molecule has 96 valence electrons. The fourth-order valence-corrected chi connectivity index (χ4v) is 3.03. The fourth-order valence-electron chi connectivity index (χ4n) is 3.03. The summed E-state index contributed by atoms with van der Waals surface area (Å²) in [6.45, 7) is 0.605. The summed E-state index contributed by atoms with van der Waals surface area (Å²) >= 11 is 0. The highest BCUT2D eigenvalue weighted by molar-refractivity contribution is 5.45. The Morgan fingerprint density at radius 3 is 2.44 bits per heavy atom. The lowest BCUT2D eigenvalue weighted by atomic mass is 9.93. The maximum atomic E-state index is 13.4. The van der Waals surface area contributed by atoms with Crippen LogP contribution in [0.2, 0.25) is 0 Å². The highest BCUT2D eigenvalue weighted by Gasteiger charge is 2.35. The molecule has 0 amide bonds. The second-order valence-corrected chi connectivity index (χ2v) is 5.17. The first-order valence-corrected chi connectivity index (χ1v) is 6.20. The standard InChI is InChI=1S/C14H14F3N/c15-11-5-13(17)14(6-12(11)16)18-7-10-4-8-1-2-9(10)3-8/h1-2,5-6,8-10,18H,3-4,7H2. The van der Waals surface area contributed by atoms with E-state index in [1.807, 2.05) is 0 Å². The van der Waals surface area contributed by atoms with Crippen LogP contribution in [0, 0.1) is 35.2 Å². The molecular weight excluding hydrogens is 239 g/mol. The van der Waals surface area contributed by atoms with Crippen LogP contribution in [0.4, 0.5) is 18.9 Å². The Morgan fingerprint density at radius 1 is 1.00 bits per heavy atom. The van der Waals surface area contributed by atoms with E-state index in [-0.39, 0.29) is 5.69 Å². The molecule has 1 fully saturated rings. The van der Waals surface area contributed by atoms with Gasteiger partial charge >= 0.3 is 0 Å². The van der Waals surface area contributed by atoms with E-state index in [0.29, 0.717) is 30.4 Å². The highest BCUT2D eigenvalue weighted by atomic mass is 19.2. The van der Waals surface area contributed by atoms with Crippen molar-refractivity contribution in [1.82, 2.24) is 0 Å². The van der Waals surface area contributed by atoms with E-state index < -0.39 is 17.5 Å². The van der Waals surface area contributed by atoms with Crippen LogP contribution in [0.1, 0.15) is 12.8 Å². The Hall–Kier alpha value is -1.45. The second-order valence-electron chi connectivity index (χ2n) is 5.17. The summed E-state index contributed by atoms with van der Waals surface area (Å²) in [5.41, 5.74) is 0.0423. The first kappa shape index (κ1) is 11.6. The molecule has 2 aliphatic carbocycles. The van der Waals surface area contributed by atoms with Crippen LogP contribution in [0.25, 0.3) is 0 Å². The zero-order valence-electron chi connectivity index (χ0n) is 9.80. The van der Waals surface area contributed by atoms with Gasteiger partial charge in [-0.3, -0.25) is 0 Å². The van der Waals surface area contributed by atoms with E-state index in [1.54, 1.807) is 0 Å². The van der Waals surface area contributed by atoms with Gasteiger partial charge in [0.1, 0.15) is 5.82 Å². The van der Waals surface area contributed by atoms with E-state index in [4.69, 9.17) is 0 Å². The molecular formula is C14H14F3N. The van der Waals surface area contributed by atoms with Gasteiger partial charge in [-0.25, -0.2) is 13.2 Å². The third kappa shape index (κ3) is 2.00. The topological polar surface area (TPSA) is 12.0 Å². The number of nitrogens with one attached hydrogen (secondary N) is 1. The number of hydrogen-bond donors (Lipinski definition) is 1. The van der Waals surface area contributed by atoms with Crippen LogP contribution in [0.3, 0.4) is 0 Å². The molecule has 1 aromatic rings. The first-order valence-electron chi connectivity index (χ1n) is 6.20. The summed E-state index contributed by atoms with van der Waals surface area (Å²) < 4.78 is 39.2. The molecule has 0 saturated heterocycles. The van der Waals surface area contributed by atoms with Crippen LogP contribution in [0.15, 0.2) is 24.3 Å². The number of rotatable bonds is 3. The monoisotopic (exact) mass is 253 g/mol. The van der Waals surface area contributed by atoms with Gasteiger partial charge in [0.05, 0.1) is 5.69 Å². The van der Waals surface area contributed by atoms with Gasteiger partial charge in [0.2, 0.25) is 0 Å². The van der Waals surface area contributed by atoms with Crippen LogP contribution < -0.4 is 5.32 Å². The van der Waals surface area contributed by atoms with E-state index in [9.17, 15) is 13.2 Å². The normalized spacial score (nSPS) is 28.9. The Kier molecular flexibility index (Phi) is 2.80. The molecule has 0 aromatic heterocycles. The molecule has 2 aliphatic rings. The molecule has 1 nitrogen and oxygen atoms in total. The highest BCUT2D eigenvalue weighted by Crippen LogP contribution is 2.43. The lowest BCUT2D eigenvalue weighted by Gasteiger charge is -2.19.